The SMILES string of the molecule is NC(=O)C1CCCN1C(=O)C[C@@H](Cc1cc(F)c(F)cc1F)NC(=O)C1CCCN1C(=O)C(N)Cc1ccc(OCc2ccccc2)cc1. The minimum atomic E-state index is -1.37. The van der Waals surface area contributed by atoms with Gasteiger partial charge in [-0.15, -0.1) is 0 Å². The molecule has 0 saturated carbocycles. The molecule has 5 N–H and O–H groups in total. The van der Waals surface area contributed by atoms with Crippen molar-refractivity contribution >= 4 is 23.6 Å². The van der Waals surface area contributed by atoms with E-state index in [-0.39, 0.29) is 37.9 Å². The Labute approximate surface area is 282 Å². The molecule has 0 radical (unpaired) electrons. The van der Waals surface area contributed by atoms with Crippen molar-refractivity contribution < 1.29 is 37.1 Å². The van der Waals surface area contributed by atoms with Gasteiger partial charge >= 0.3 is 0 Å². The topological polar surface area (TPSA) is 148 Å². The van der Waals surface area contributed by atoms with E-state index in [1.54, 1.807) is 12.1 Å². The van der Waals surface area contributed by atoms with Crippen molar-refractivity contribution in [3.63, 3.8) is 0 Å². The molecule has 3 unspecified atom stereocenters. The van der Waals surface area contributed by atoms with E-state index in [0.29, 0.717) is 50.2 Å². The van der Waals surface area contributed by atoms with Crippen LogP contribution in [0.3, 0.4) is 0 Å². The van der Waals surface area contributed by atoms with E-state index in [1.807, 2.05) is 42.5 Å². The summed E-state index contributed by atoms with van der Waals surface area (Å²) in [5, 5.41) is 2.74. The third kappa shape index (κ3) is 8.96. The van der Waals surface area contributed by atoms with Crippen LogP contribution in [0.2, 0.25) is 0 Å². The summed E-state index contributed by atoms with van der Waals surface area (Å²) < 4.78 is 48.1. The van der Waals surface area contributed by atoms with Crippen LogP contribution in [0.25, 0.3) is 0 Å². The van der Waals surface area contributed by atoms with Crippen LogP contribution in [0.5, 0.6) is 5.75 Å². The Bertz CT molecular complexity index is 1660. The van der Waals surface area contributed by atoms with Crippen LogP contribution in [0.15, 0.2) is 66.7 Å². The lowest BCUT2D eigenvalue weighted by Gasteiger charge is -2.30. The van der Waals surface area contributed by atoms with Gasteiger partial charge in [0.05, 0.1) is 6.04 Å². The maximum atomic E-state index is 14.7. The highest BCUT2D eigenvalue weighted by Crippen LogP contribution is 2.24. The minimum absolute atomic E-state index is 0.214. The molecule has 2 aliphatic heterocycles. The molecule has 0 aliphatic carbocycles. The Balaban J connectivity index is 1.23. The first-order valence-corrected chi connectivity index (χ1v) is 16.3. The summed E-state index contributed by atoms with van der Waals surface area (Å²) in [6, 6.07) is 14.3. The number of nitrogens with zero attached hydrogens (tertiary/aromatic N) is 2. The first-order valence-electron chi connectivity index (χ1n) is 16.3. The number of hydrogen-bond acceptors (Lipinski definition) is 6. The summed E-state index contributed by atoms with van der Waals surface area (Å²) in [5.41, 5.74) is 13.4. The second kappa shape index (κ2) is 16.0. The van der Waals surface area contributed by atoms with Gasteiger partial charge in [0.25, 0.3) is 0 Å². The number of rotatable bonds is 13. The average molecular weight is 680 g/mol. The third-order valence-corrected chi connectivity index (χ3v) is 9.01. The monoisotopic (exact) mass is 679 g/mol. The molecule has 3 aromatic carbocycles. The molecule has 2 fully saturated rings. The predicted molar refractivity (Wildman–Crippen MR) is 174 cm³/mol. The van der Waals surface area contributed by atoms with Gasteiger partial charge in [-0.1, -0.05) is 42.5 Å². The first-order chi connectivity index (χ1) is 23.5. The molecule has 2 heterocycles. The third-order valence-electron chi connectivity index (χ3n) is 9.01. The molecule has 49 heavy (non-hydrogen) atoms. The number of likely N-dealkylation sites (tertiary alicyclic amines) is 2. The van der Waals surface area contributed by atoms with Gasteiger partial charge in [-0.25, -0.2) is 13.2 Å². The molecule has 0 aromatic heterocycles. The molecule has 4 amide bonds. The maximum absolute atomic E-state index is 14.7. The maximum Gasteiger partial charge on any atom is 0.243 e. The standard InChI is InChI=1S/C36H40F3N5O5/c37-27-20-29(39)28(38)18-24(27)17-25(19-33(45)43-14-4-8-31(43)34(41)46)42-35(47)32-9-5-15-44(32)36(48)30(40)16-22-10-12-26(13-11-22)49-21-23-6-2-1-3-7-23/h1-3,6-7,10-13,18,20,25,30-32H,4-5,8-9,14-17,19,21,40H2,(H2,41,46)(H,42,47)/t25-,30?,31?,32?/m1/s1. The summed E-state index contributed by atoms with van der Waals surface area (Å²) in [6.45, 7) is 0.971. The van der Waals surface area contributed by atoms with Crippen LogP contribution in [0, 0.1) is 17.5 Å². The lowest BCUT2D eigenvalue weighted by Crippen LogP contribution is -2.54. The van der Waals surface area contributed by atoms with Crippen LogP contribution < -0.4 is 21.5 Å². The fraction of sp³-hybridized carbons (Fsp3) is 0.389. The molecule has 260 valence electrons. The number of carbonyl (C=O) groups is 4. The molecule has 5 rings (SSSR count). The van der Waals surface area contributed by atoms with Gasteiger partial charge in [0, 0.05) is 31.6 Å². The number of primary amides is 1. The van der Waals surface area contributed by atoms with Crippen LogP contribution >= 0.6 is 0 Å². The molecule has 2 aliphatic rings. The number of carbonyl (C=O) groups excluding carboxylic acids is 4. The number of hydrogen-bond donors (Lipinski definition) is 3. The number of nitrogens with two attached hydrogens (primary N) is 2. The van der Waals surface area contributed by atoms with E-state index in [2.05, 4.69) is 5.32 Å². The zero-order chi connectivity index (χ0) is 35.1. The molecular weight excluding hydrogens is 639 g/mol. The highest BCUT2D eigenvalue weighted by Gasteiger charge is 2.38. The summed E-state index contributed by atoms with van der Waals surface area (Å²) in [5.74, 6) is -5.22. The predicted octanol–water partition coefficient (Wildman–Crippen LogP) is 3.14. The average Bonchev–Trinajstić information content (AvgIpc) is 3.78. The summed E-state index contributed by atoms with van der Waals surface area (Å²) in [7, 11) is 0. The summed E-state index contributed by atoms with van der Waals surface area (Å²) in [4.78, 5) is 55.0. The van der Waals surface area contributed by atoms with E-state index in [0.717, 1.165) is 11.1 Å². The van der Waals surface area contributed by atoms with Crippen molar-refractivity contribution in [2.45, 2.75) is 75.7 Å². The van der Waals surface area contributed by atoms with Crippen molar-refractivity contribution in [2.24, 2.45) is 11.5 Å². The minimum Gasteiger partial charge on any atom is -0.489 e. The van der Waals surface area contributed by atoms with Gasteiger partial charge in [-0.2, -0.15) is 0 Å². The number of benzene rings is 3. The number of halogens is 3. The molecule has 0 spiro atoms. The highest BCUT2D eigenvalue weighted by atomic mass is 19.2. The Morgan fingerprint density at radius 2 is 1.47 bits per heavy atom. The van der Waals surface area contributed by atoms with Crippen molar-refractivity contribution in [3.05, 3.63) is 101 Å². The normalized spacial score (nSPS) is 18.6. The molecular formula is C36H40F3N5O5. The zero-order valence-electron chi connectivity index (χ0n) is 27.0. The Morgan fingerprint density at radius 1 is 0.816 bits per heavy atom. The lowest BCUT2D eigenvalue weighted by molar-refractivity contribution is -0.140. The fourth-order valence-electron chi connectivity index (χ4n) is 6.47. The van der Waals surface area contributed by atoms with Crippen LogP contribution in [0.1, 0.15) is 48.8 Å². The lowest BCUT2D eigenvalue weighted by atomic mass is 10.0. The number of ether oxygens (including phenoxy) is 1. The van der Waals surface area contributed by atoms with Crippen LogP contribution in [-0.4, -0.2) is 70.7 Å². The molecule has 2 saturated heterocycles. The first kappa shape index (κ1) is 35.4. The Kier molecular flexibility index (Phi) is 11.6. The van der Waals surface area contributed by atoms with Crippen LogP contribution in [0.4, 0.5) is 13.2 Å². The summed E-state index contributed by atoms with van der Waals surface area (Å²) >= 11 is 0. The molecule has 10 nitrogen and oxygen atoms in total. The second-order valence-electron chi connectivity index (χ2n) is 12.5. The van der Waals surface area contributed by atoms with E-state index in [1.165, 1.54) is 9.80 Å². The molecule has 4 atom stereocenters. The highest BCUT2D eigenvalue weighted by molar-refractivity contribution is 5.91. The number of nitrogens with one attached hydrogen (secondary N) is 1. The van der Waals surface area contributed by atoms with E-state index in [4.69, 9.17) is 16.2 Å². The van der Waals surface area contributed by atoms with E-state index < -0.39 is 65.2 Å². The van der Waals surface area contributed by atoms with Gasteiger partial charge in [0.15, 0.2) is 11.6 Å². The van der Waals surface area contributed by atoms with Gasteiger partial charge in [0.2, 0.25) is 23.6 Å². The van der Waals surface area contributed by atoms with Gasteiger partial charge in [0.1, 0.15) is 30.3 Å². The van der Waals surface area contributed by atoms with E-state index in [9.17, 15) is 32.3 Å². The largest absolute Gasteiger partial charge is 0.489 e. The molecule has 3 aromatic rings. The van der Waals surface area contributed by atoms with Gasteiger partial charge < -0.3 is 31.3 Å². The van der Waals surface area contributed by atoms with E-state index >= 15 is 0 Å². The van der Waals surface area contributed by atoms with Crippen molar-refractivity contribution in [1.82, 2.24) is 15.1 Å². The second-order valence-corrected chi connectivity index (χ2v) is 12.5. The Hall–Kier alpha value is -4.91. The Morgan fingerprint density at radius 3 is 2.16 bits per heavy atom. The van der Waals surface area contributed by atoms with Gasteiger partial charge in [-0.3, -0.25) is 19.2 Å². The van der Waals surface area contributed by atoms with Crippen LogP contribution in [-0.2, 0) is 38.6 Å². The smallest absolute Gasteiger partial charge is 0.243 e. The fourth-order valence-corrected chi connectivity index (χ4v) is 6.47. The number of amides is 4. The summed E-state index contributed by atoms with van der Waals surface area (Å²) in [6.07, 6.45) is 1.31. The molecule has 0 bridgehead atoms. The van der Waals surface area contributed by atoms with Crippen molar-refractivity contribution in [3.8, 4) is 5.75 Å². The molecule has 13 heteroatoms. The van der Waals surface area contributed by atoms with Crippen molar-refractivity contribution in [2.75, 3.05) is 13.1 Å². The quantitative estimate of drug-likeness (QED) is 0.237. The zero-order valence-corrected chi connectivity index (χ0v) is 27.0. The van der Waals surface area contributed by atoms with Crippen molar-refractivity contribution in [1.29, 1.82) is 0 Å². The van der Waals surface area contributed by atoms with Gasteiger partial charge in [-0.05, 0) is 73.4 Å².